The number of carbonyl (C=O) groups is 1. The Morgan fingerprint density at radius 2 is 2.22 bits per heavy atom. The zero-order valence-electron chi connectivity index (χ0n) is 11.8. The largest absolute Gasteiger partial charge is 0.444 e. The third-order valence-electron chi connectivity index (χ3n) is 3.00. The summed E-state index contributed by atoms with van der Waals surface area (Å²) in [6.45, 7) is 9.01. The van der Waals surface area contributed by atoms with Crippen molar-refractivity contribution in [1.82, 2.24) is 10.2 Å². The quantitative estimate of drug-likeness (QED) is 0.764. The van der Waals surface area contributed by atoms with Gasteiger partial charge in [-0.3, -0.25) is 0 Å². The lowest BCUT2D eigenvalue weighted by atomic mass is 9.99. The Hall–Kier alpha value is -1.21. The summed E-state index contributed by atoms with van der Waals surface area (Å²) in [4.78, 5) is 13.8. The summed E-state index contributed by atoms with van der Waals surface area (Å²) in [6, 6.07) is 0.582. The number of likely N-dealkylation sites (tertiary alicyclic amines) is 1. The van der Waals surface area contributed by atoms with Crippen molar-refractivity contribution in [2.24, 2.45) is 0 Å². The molecule has 1 N–H and O–H groups in total. The fourth-order valence-corrected chi connectivity index (χ4v) is 2.15. The standard InChI is InChI=1S/C14H24N2O2/c1-6-8-15-12-7-9-16(11(2)10-12)13(17)18-14(3,4)5/h1,11-12,15H,7-10H2,2-5H3. The van der Waals surface area contributed by atoms with Crippen molar-refractivity contribution < 1.29 is 9.53 Å². The van der Waals surface area contributed by atoms with Crippen molar-refractivity contribution in [1.29, 1.82) is 0 Å². The van der Waals surface area contributed by atoms with E-state index in [1.165, 1.54) is 0 Å². The maximum absolute atomic E-state index is 12.0. The van der Waals surface area contributed by atoms with Gasteiger partial charge in [-0.1, -0.05) is 5.92 Å². The van der Waals surface area contributed by atoms with E-state index >= 15 is 0 Å². The van der Waals surface area contributed by atoms with Crippen LogP contribution in [-0.2, 0) is 4.74 Å². The van der Waals surface area contributed by atoms with E-state index in [4.69, 9.17) is 11.2 Å². The van der Waals surface area contributed by atoms with Gasteiger partial charge >= 0.3 is 6.09 Å². The molecule has 18 heavy (non-hydrogen) atoms. The molecule has 1 aliphatic rings. The van der Waals surface area contributed by atoms with Crippen LogP contribution in [0.3, 0.4) is 0 Å². The molecule has 0 aromatic carbocycles. The second kappa shape index (κ2) is 6.10. The van der Waals surface area contributed by atoms with Gasteiger partial charge in [0.15, 0.2) is 0 Å². The second-order valence-electron chi connectivity index (χ2n) is 5.83. The number of nitrogens with one attached hydrogen (secondary N) is 1. The number of piperidine rings is 1. The molecule has 2 unspecified atom stereocenters. The van der Waals surface area contributed by atoms with Crippen molar-refractivity contribution in [3.05, 3.63) is 0 Å². The third-order valence-corrected chi connectivity index (χ3v) is 3.00. The van der Waals surface area contributed by atoms with Gasteiger partial charge in [0, 0.05) is 18.6 Å². The molecule has 1 amide bonds. The zero-order valence-corrected chi connectivity index (χ0v) is 11.8. The van der Waals surface area contributed by atoms with Crippen molar-refractivity contribution in [2.75, 3.05) is 13.1 Å². The van der Waals surface area contributed by atoms with Crippen LogP contribution in [0.2, 0.25) is 0 Å². The van der Waals surface area contributed by atoms with Crippen LogP contribution in [0.25, 0.3) is 0 Å². The SMILES string of the molecule is C#CCNC1CCN(C(=O)OC(C)(C)C)C(C)C1. The first-order valence-corrected chi connectivity index (χ1v) is 6.50. The van der Waals surface area contributed by atoms with E-state index in [2.05, 4.69) is 11.2 Å². The highest BCUT2D eigenvalue weighted by molar-refractivity contribution is 5.68. The minimum absolute atomic E-state index is 0.184. The number of hydrogen-bond donors (Lipinski definition) is 1. The van der Waals surface area contributed by atoms with Gasteiger partial charge < -0.3 is 15.0 Å². The number of ether oxygens (including phenoxy) is 1. The molecular formula is C14H24N2O2. The predicted molar refractivity (Wildman–Crippen MR) is 72.3 cm³/mol. The Morgan fingerprint density at radius 3 is 2.72 bits per heavy atom. The van der Waals surface area contributed by atoms with E-state index in [1.54, 1.807) is 4.90 Å². The van der Waals surface area contributed by atoms with Crippen LogP contribution in [-0.4, -0.2) is 41.8 Å². The van der Waals surface area contributed by atoms with Gasteiger partial charge in [-0.2, -0.15) is 0 Å². The van der Waals surface area contributed by atoms with Gasteiger partial charge in [0.1, 0.15) is 5.60 Å². The molecule has 0 saturated carbocycles. The fourth-order valence-electron chi connectivity index (χ4n) is 2.15. The molecule has 0 bridgehead atoms. The van der Waals surface area contributed by atoms with Gasteiger partial charge in [-0.25, -0.2) is 4.79 Å². The third kappa shape index (κ3) is 4.58. The average molecular weight is 252 g/mol. The topological polar surface area (TPSA) is 41.6 Å². The molecule has 0 aromatic heterocycles. The Bertz CT molecular complexity index is 328. The van der Waals surface area contributed by atoms with Gasteiger partial charge in [-0.05, 0) is 40.5 Å². The molecule has 0 radical (unpaired) electrons. The maximum Gasteiger partial charge on any atom is 0.410 e. The summed E-state index contributed by atoms with van der Waals surface area (Å²) in [6.07, 6.45) is 6.85. The lowest BCUT2D eigenvalue weighted by Gasteiger charge is -2.38. The molecule has 2 atom stereocenters. The minimum Gasteiger partial charge on any atom is -0.444 e. The van der Waals surface area contributed by atoms with E-state index in [0.29, 0.717) is 12.6 Å². The fraction of sp³-hybridized carbons (Fsp3) is 0.786. The molecule has 1 fully saturated rings. The van der Waals surface area contributed by atoms with Crippen molar-refractivity contribution in [2.45, 2.75) is 58.2 Å². The minimum atomic E-state index is -0.435. The molecule has 102 valence electrons. The summed E-state index contributed by atoms with van der Waals surface area (Å²) in [5.41, 5.74) is -0.435. The molecule has 0 aliphatic carbocycles. The highest BCUT2D eigenvalue weighted by Gasteiger charge is 2.31. The number of terminal acetylenes is 1. The molecule has 4 nitrogen and oxygen atoms in total. The van der Waals surface area contributed by atoms with Gasteiger partial charge in [0.05, 0.1) is 6.54 Å². The first-order valence-electron chi connectivity index (χ1n) is 6.50. The number of rotatable bonds is 2. The molecule has 1 heterocycles. The molecule has 1 aliphatic heterocycles. The van der Waals surface area contributed by atoms with E-state index in [1.807, 2.05) is 27.7 Å². The number of carbonyl (C=O) groups excluding carboxylic acids is 1. The highest BCUT2D eigenvalue weighted by atomic mass is 16.6. The van der Waals surface area contributed by atoms with Gasteiger partial charge in [-0.15, -0.1) is 6.42 Å². The van der Waals surface area contributed by atoms with Crippen molar-refractivity contribution in [3.63, 3.8) is 0 Å². The van der Waals surface area contributed by atoms with Crippen molar-refractivity contribution >= 4 is 6.09 Å². The molecule has 4 heteroatoms. The second-order valence-corrected chi connectivity index (χ2v) is 5.83. The Kier molecular flexibility index (Phi) is 5.03. The van der Waals surface area contributed by atoms with Crippen LogP contribution in [0.4, 0.5) is 4.79 Å². The Morgan fingerprint density at radius 1 is 1.56 bits per heavy atom. The first-order chi connectivity index (χ1) is 8.33. The summed E-state index contributed by atoms with van der Waals surface area (Å²) in [5, 5.41) is 3.29. The summed E-state index contributed by atoms with van der Waals surface area (Å²) in [5.74, 6) is 2.58. The normalized spacial score (nSPS) is 24.5. The molecule has 1 rings (SSSR count). The number of amides is 1. The number of hydrogen-bond acceptors (Lipinski definition) is 3. The molecular weight excluding hydrogens is 228 g/mol. The van der Waals surface area contributed by atoms with Gasteiger partial charge in [0.2, 0.25) is 0 Å². The molecule has 0 aromatic rings. The first kappa shape index (κ1) is 14.8. The van der Waals surface area contributed by atoms with Crippen LogP contribution < -0.4 is 5.32 Å². The van der Waals surface area contributed by atoms with Crippen LogP contribution >= 0.6 is 0 Å². The van der Waals surface area contributed by atoms with Crippen LogP contribution in [0.15, 0.2) is 0 Å². The van der Waals surface area contributed by atoms with Crippen molar-refractivity contribution in [3.8, 4) is 12.3 Å². The summed E-state index contributed by atoms with van der Waals surface area (Å²) in [7, 11) is 0. The van der Waals surface area contributed by atoms with E-state index < -0.39 is 5.60 Å². The predicted octanol–water partition coefficient (Wildman–Crippen LogP) is 2.00. The Balaban J connectivity index is 2.47. The smallest absolute Gasteiger partial charge is 0.410 e. The number of nitrogens with zero attached hydrogens (tertiary/aromatic N) is 1. The lowest BCUT2D eigenvalue weighted by Crippen LogP contribution is -2.51. The maximum atomic E-state index is 12.0. The van der Waals surface area contributed by atoms with E-state index in [0.717, 1.165) is 19.4 Å². The van der Waals surface area contributed by atoms with Crippen LogP contribution in [0.5, 0.6) is 0 Å². The lowest BCUT2D eigenvalue weighted by molar-refractivity contribution is 0.00953. The monoisotopic (exact) mass is 252 g/mol. The Labute approximate surface area is 110 Å². The zero-order chi connectivity index (χ0) is 13.8. The van der Waals surface area contributed by atoms with E-state index in [-0.39, 0.29) is 12.1 Å². The summed E-state index contributed by atoms with van der Waals surface area (Å²) >= 11 is 0. The van der Waals surface area contributed by atoms with Crippen LogP contribution in [0.1, 0.15) is 40.5 Å². The summed E-state index contributed by atoms with van der Waals surface area (Å²) < 4.78 is 5.40. The average Bonchev–Trinajstić information content (AvgIpc) is 2.23. The van der Waals surface area contributed by atoms with E-state index in [9.17, 15) is 4.79 Å². The van der Waals surface area contributed by atoms with Crippen LogP contribution in [0, 0.1) is 12.3 Å². The molecule has 1 saturated heterocycles. The van der Waals surface area contributed by atoms with Gasteiger partial charge in [0.25, 0.3) is 0 Å². The highest BCUT2D eigenvalue weighted by Crippen LogP contribution is 2.20. The molecule has 0 spiro atoms.